The van der Waals surface area contributed by atoms with Crippen LogP contribution in [0, 0.1) is 6.92 Å². The second-order valence-corrected chi connectivity index (χ2v) is 6.73. The fraction of sp³-hybridized carbons (Fsp3) is 0.389. The second kappa shape index (κ2) is 8.13. The highest BCUT2D eigenvalue weighted by atomic mass is 32.1. The van der Waals surface area contributed by atoms with Crippen molar-refractivity contribution in [2.24, 2.45) is 0 Å². The number of carbonyl (C=O) groups excluding carboxylic acids is 1. The molecule has 0 fully saturated rings. The van der Waals surface area contributed by atoms with Crippen molar-refractivity contribution < 1.29 is 9.53 Å². The number of carbonyl (C=O) groups is 1. The third-order valence-corrected chi connectivity index (χ3v) is 4.79. The van der Waals surface area contributed by atoms with E-state index in [1.54, 1.807) is 18.4 Å². The number of para-hydroxylation sites is 1. The summed E-state index contributed by atoms with van der Waals surface area (Å²) in [6.45, 7) is 5.24. The summed E-state index contributed by atoms with van der Waals surface area (Å²) in [5, 5.41) is 5.12. The number of nitrogens with one attached hydrogen (secondary N) is 1. The van der Waals surface area contributed by atoms with Gasteiger partial charge >= 0.3 is 0 Å². The topological polar surface area (TPSA) is 41.6 Å². The number of benzene rings is 1. The summed E-state index contributed by atoms with van der Waals surface area (Å²) < 4.78 is 5.35. The summed E-state index contributed by atoms with van der Waals surface area (Å²) in [6.07, 6.45) is 0. The molecule has 1 amide bonds. The Morgan fingerprint density at radius 1 is 1.35 bits per heavy atom. The Kier molecular flexibility index (Phi) is 6.19. The lowest BCUT2D eigenvalue weighted by Gasteiger charge is -2.20. The Bertz CT molecular complexity index is 654. The minimum Gasteiger partial charge on any atom is -0.496 e. The van der Waals surface area contributed by atoms with Crippen LogP contribution >= 0.6 is 11.3 Å². The average molecular weight is 332 g/mol. The standard InChI is InChI=1S/C18H24N2O2S/c1-13-9-10-23-17(13)11-20(3)12-18(21)19-14(2)15-7-5-6-8-16(15)22-4/h5-10,14H,11-12H2,1-4H3,(H,19,21). The molecule has 5 heteroatoms. The van der Waals surface area contributed by atoms with Crippen LogP contribution in [-0.4, -0.2) is 31.5 Å². The Hall–Kier alpha value is -1.85. The molecule has 0 bridgehead atoms. The first-order valence-electron chi connectivity index (χ1n) is 7.65. The zero-order valence-electron chi connectivity index (χ0n) is 14.1. The quantitative estimate of drug-likeness (QED) is 0.845. The molecular formula is C18H24N2O2S. The van der Waals surface area contributed by atoms with Gasteiger partial charge < -0.3 is 10.1 Å². The summed E-state index contributed by atoms with van der Waals surface area (Å²) >= 11 is 1.73. The molecule has 1 unspecified atom stereocenters. The van der Waals surface area contributed by atoms with Gasteiger partial charge in [0, 0.05) is 17.0 Å². The molecule has 124 valence electrons. The van der Waals surface area contributed by atoms with Gasteiger partial charge in [-0.05, 0) is 44.0 Å². The number of ether oxygens (including phenoxy) is 1. The van der Waals surface area contributed by atoms with Gasteiger partial charge in [0.05, 0.1) is 19.7 Å². The zero-order valence-corrected chi connectivity index (χ0v) is 14.9. The normalized spacial score (nSPS) is 12.2. The van der Waals surface area contributed by atoms with Crippen LogP contribution in [0.15, 0.2) is 35.7 Å². The number of likely N-dealkylation sites (N-methyl/N-ethyl adjacent to an activating group) is 1. The van der Waals surface area contributed by atoms with Crippen LogP contribution in [0.3, 0.4) is 0 Å². The van der Waals surface area contributed by atoms with E-state index in [-0.39, 0.29) is 11.9 Å². The minimum atomic E-state index is -0.0875. The van der Waals surface area contributed by atoms with E-state index in [1.165, 1.54) is 10.4 Å². The van der Waals surface area contributed by atoms with Crippen LogP contribution in [-0.2, 0) is 11.3 Å². The fourth-order valence-electron chi connectivity index (χ4n) is 2.50. The number of methoxy groups -OCH3 is 1. The molecule has 0 aliphatic carbocycles. The van der Waals surface area contributed by atoms with E-state index in [9.17, 15) is 4.79 Å². The largest absolute Gasteiger partial charge is 0.496 e. The molecule has 1 heterocycles. The van der Waals surface area contributed by atoms with E-state index >= 15 is 0 Å². The summed E-state index contributed by atoms with van der Waals surface area (Å²) in [7, 11) is 3.61. The van der Waals surface area contributed by atoms with Gasteiger partial charge in [-0.2, -0.15) is 0 Å². The molecule has 1 aromatic heterocycles. The number of thiophene rings is 1. The van der Waals surface area contributed by atoms with Crippen molar-refractivity contribution >= 4 is 17.2 Å². The summed E-state index contributed by atoms with van der Waals surface area (Å²) in [5.74, 6) is 0.808. The number of hydrogen-bond donors (Lipinski definition) is 1. The molecule has 23 heavy (non-hydrogen) atoms. The highest BCUT2D eigenvalue weighted by molar-refractivity contribution is 7.10. The average Bonchev–Trinajstić information content (AvgIpc) is 2.91. The highest BCUT2D eigenvalue weighted by Crippen LogP contribution is 2.24. The third kappa shape index (κ3) is 4.81. The SMILES string of the molecule is COc1ccccc1C(C)NC(=O)CN(C)Cc1sccc1C. The van der Waals surface area contributed by atoms with E-state index in [1.807, 2.05) is 43.1 Å². The second-order valence-electron chi connectivity index (χ2n) is 5.73. The van der Waals surface area contributed by atoms with Crippen LogP contribution in [0.4, 0.5) is 0 Å². The lowest BCUT2D eigenvalue weighted by atomic mass is 10.1. The lowest BCUT2D eigenvalue weighted by Crippen LogP contribution is -2.36. The Labute approximate surface area is 142 Å². The minimum absolute atomic E-state index is 0.0140. The molecule has 4 nitrogen and oxygen atoms in total. The number of amides is 1. The molecule has 1 N–H and O–H groups in total. The van der Waals surface area contributed by atoms with Gasteiger partial charge in [-0.1, -0.05) is 18.2 Å². The number of hydrogen-bond acceptors (Lipinski definition) is 4. The van der Waals surface area contributed by atoms with Crippen molar-refractivity contribution in [3.8, 4) is 5.75 Å². The van der Waals surface area contributed by atoms with Crippen molar-refractivity contribution in [2.45, 2.75) is 26.4 Å². The predicted molar refractivity (Wildman–Crippen MR) is 94.9 cm³/mol. The molecule has 0 aliphatic heterocycles. The van der Waals surface area contributed by atoms with E-state index in [2.05, 4.69) is 23.7 Å². The molecule has 0 radical (unpaired) electrons. The predicted octanol–water partition coefficient (Wildman–Crippen LogP) is 3.37. The fourth-order valence-corrected chi connectivity index (χ4v) is 3.49. The van der Waals surface area contributed by atoms with Gasteiger partial charge in [-0.3, -0.25) is 9.69 Å². The Morgan fingerprint density at radius 3 is 2.74 bits per heavy atom. The molecule has 0 saturated heterocycles. The van der Waals surface area contributed by atoms with Crippen LogP contribution in [0.2, 0.25) is 0 Å². The number of rotatable bonds is 7. The first-order valence-corrected chi connectivity index (χ1v) is 8.53. The Morgan fingerprint density at radius 2 is 2.09 bits per heavy atom. The molecule has 0 aliphatic rings. The first kappa shape index (κ1) is 17.5. The summed E-state index contributed by atoms with van der Waals surface area (Å²) in [6, 6.07) is 9.78. The zero-order chi connectivity index (χ0) is 16.8. The van der Waals surface area contributed by atoms with Crippen molar-refractivity contribution in [1.82, 2.24) is 10.2 Å². The smallest absolute Gasteiger partial charge is 0.234 e. The van der Waals surface area contributed by atoms with Gasteiger partial charge in [0.2, 0.25) is 5.91 Å². The van der Waals surface area contributed by atoms with E-state index < -0.39 is 0 Å². The maximum atomic E-state index is 12.3. The molecule has 2 rings (SSSR count). The van der Waals surface area contributed by atoms with Crippen molar-refractivity contribution in [1.29, 1.82) is 0 Å². The van der Waals surface area contributed by atoms with Crippen molar-refractivity contribution in [3.63, 3.8) is 0 Å². The molecule has 1 atom stereocenters. The third-order valence-electron chi connectivity index (χ3n) is 3.78. The molecule has 2 aromatic rings. The van der Waals surface area contributed by atoms with E-state index in [0.717, 1.165) is 17.9 Å². The van der Waals surface area contributed by atoms with Gasteiger partial charge in [0.1, 0.15) is 5.75 Å². The maximum Gasteiger partial charge on any atom is 0.234 e. The number of nitrogens with zero attached hydrogens (tertiary/aromatic N) is 1. The van der Waals surface area contributed by atoms with Gasteiger partial charge in [-0.25, -0.2) is 0 Å². The Balaban J connectivity index is 1.90. The van der Waals surface area contributed by atoms with Crippen molar-refractivity contribution in [2.75, 3.05) is 20.7 Å². The van der Waals surface area contributed by atoms with Gasteiger partial charge in [0.25, 0.3) is 0 Å². The molecule has 1 aromatic carbocycles. The van der Waals surface area contributed by atoms with Crippen LogP contribution < -0.4 is 10.1 Å². The highest BCUT2D eigenvalue weighted by Gasteiger charge is 2.15. The maximum absolute atomic E-state index is 12.3. The van der Waals surface area contributed by atoms with E-state index in [0.29, 0.717) is 6.54 Å². The van der Waals surface area contributed by atoms with Crippen LogP contribution in [0.5, 0.6) is 5.75 Å². The molecule has 0 saturated carbocycles. The van der Waals surface area contributed by atoms with Crippen LogP contribution in [0.25, 0.3) is 0 Å². The first-order chi connectivity index (χ1) is 11.0. The van der Waals surface area contributed by atoms with E-state index in [4.69, 9.17) is 4.74 Å². The number of aryl methyl sites for hydroxylation is 1. The molecular weight excluding hydrogens is 308 g/mol. The summed E-state index contributed by atoms with van der Waals surface area (Å²) in [4.78, 5) is 15.6. The lowest BCUT2D eigenvalue weighted by molar-refractivity contribution is -0.122. The molecule has 0 spiro atoms. The van der Waals surface area contributed by atoms with Crippen LogP contribution in [0.1, 0.15) is 29.0 Å². The van der Waals surface area contributed by atoms with Gasteiger partial charge in [-0.15, -0.1) is 11.3 Å². The summed E-state index contributed by atoms with van der Waals surface area (Å²) in [5.41, 5.74) is 2.27. The van der Waals surface area contributed by atoms with Gasteiger partial charge in [0.15, 0.2) is 0 Å². The van der Waals surface area contributed by atoms with Crippen molar-refractivity contribution in [3.05, 3.63) is 51.7 Å². The monoisotopic (exact) mass is 332 g/mol.